The maximum Gasteiger partial charge on any atom is 0.170 e. The number of nitrogens with one attached hydrogen (secondary N) is 4. The Morgan fingerprint density at radius 2 is 1.21 bits per heavy atom. The largest absolute Gasteiger partial charge is 0.497 e. The van der Waals surface area contributed by atoms with Crippen LogP contribution in [-0.4, -0.2) is 37.5 Å². The molecule has 0 heterocycles. The van der Waals surface area contributed by atoms with Crippen molar-refractivity contribution in [1.29, 1.82) is 0 Å². The Kier molecular flexibility index (Phi) is 8.48. The molecule has 0 radical (unpaired) electrons. The summed E-state index contributed by atoms with van der Waals surface area (Å²) >= 11 is 10.8. The second kappa shape index (κ2) is 10.8. The van der Waals surface area contributed by atoms with Crippen molar-refractivity contribution < 1.29 is 9.47 Å². The standard InChI is InChI=1S/C21H28N4O2S2/c1-21(2,13-22-19(28)24-15-7-5-9-17(11-15)26-3)14-23-20(29)25-16-8-6-10-18(12-16)27-4/h5-12H,13-14H2,1-4H3,(H2,22,24,28)(H2,23,25,29). The molecule has 8 heteroatoms. The third-order valence-corrected chi connectivity index (χ3v) is 4.60. The van der Waals surface area contributed by atoms with Crippen LogP contribution in [0, 0.1) is 5.41 Å². The van der Waals surface area contributed by atoms with Gasteiger partial charge in [0.25, 0.3) is 0 Å². The molecular formula is C21H28N4O2S2. The molecule has 0 unspecified atom stereocenters. The van der Waals surface area contributed by atoms with E-state index in [1.807, 2.05) is 48.5 Å². The minimum absolute atomic E-state index is 0.0831. The number of rotatable bonds is 8. The van der Waals surface area contributed by atoms with Gasteiger partial charge in [-0.15, -0.1) is 0 Å². The zero-order chi connectivity index (χ0) is 21.3. The third kappa shape index (κ3) is 8.13. The monoisotopic (exact) mass is 432 g/mol. The van der Waals surface area contributed by atoms with E-state index in [1.54, 1.807) is 14.2 Å². The van der Waals surface area contributed by atoms with Gasteiger partial charge in [0.15, 0.2) is 10.2 Å². The van der Waals surface area contributed by atoms with E-state index in [4.69, 9.17) is 33.9 Å². The summed E-state index contributed by atoms with van der Waals surface area (Å²) in [6.07, 6.45) is 0. The van der Waals surface area contributed by atoms with E-state index in [9.17, 15) is 0 Å². The van der Waals surface area contributed by atoms with Crippen molar-refractivity contribution in [2.75, 3.05) is 37.9 Å². The lowest BCUT2D eigenvalue weighted by Crippen LogP contribution is -2.44. The Morgan fingerprint density at radius 3 is 1.59 bits per heavy atom. The molecule has 0 fully saturated rings. The molecule has 0 aliphatic rings. The van der Waals surface area contributed by atoms with Crippen molar-refractivity contribution in [2.24, 2.45) is 5.41 Å². The summed E-state index contributed by atoms with van der Waals surface area (Å²) in [6, 6.07) is 15.3. The fourth-order valence-corrected chi connectivity index (χ4v) is 2.83. The molecule has 0 aromatic heterocycles. The molecular weight excluding hydrogens is 404 g/mol. The summed E-state index contributed by atoms with van der Waals surface area (Å²) in [5.74, 6) is 1.55. The molecule has 29 heavy (non-hydrogen) atoms. The van der Waals surface area contributed by atoms with Gasteiger partial charge < -0.3 is 30.7 Å². The van der Waals surface area contributed by atoms with Gasteiger partial charge in [0.1, 0.15) is 11.5 Å². The highest BCUT2D eigenvalue weighted by Crippen LogP contribution is 2.18. The Bertz CT molecular complexity index is 775. The molecule has 0 aliphatic heterocycles. The second-order valence-electron chi connectivity index (χ2n) is 7.24. The maximum absolute atomic E-state index is 5.40. The number of benzene rings is 2. The quantitative estimate of drug-likeness (QED) is 0.467. The van der Waals surface area contributed by atoms with E-state index in [2.05, 4.69) is 35.1 Å². The minimum Gasteiger partial charge on any atom is -0.497 e. The molecule has 0 aliphatic carbocycles. The number of hydrogen-bond acceptors (Lipinski definition) is 4. The molecule has 4 N–H and O–H groups in total. The van der Waals surface area contributed by atoms with Crippen LogP contribution in [0.25, 0.3) is 0 Å². The zero-order valence-corrected chi connectivity index (χ0v) is 18.8. The van der Waals surface area contributed by atoms with Crippen LogP contribution in [0.1, 0.15) is 13.8 Å². The van der Waals surface area contributed by atoms with Crippen LogP contribution in [0.5, 0.6) is 11.5 Å². The lowest BCUT2D eigenvalue weighted by molar-refractivity contribution is 0.362. The Balaban J connectivity index is 1.76. The molecule has 6 nitrogen and oxygen atoms in total. The predicted molar refractivity (Wildman–Crippen MR) is 128 cm³/mol. The van der Waals surface area contributed by atoms with Crippen LogP contribution < -0.4 is 30.7 Å². The smallest absolute Gasteiger partial charge is 0.170 e. The first-order valence-electron chi connectivity index (χ1n) is 9.19. The summed E-state index contributed by atoms with van der Waals surface area (Å²) in [5.41, 5.74) is 1.67. The summed E-state index contributed by atoms with van der Waals surface area (Å²) in [5, 5.41) is 14.0. The first-order chi connectivity index (χ1) is 13.8. The van der Waals surface area contributed by atoms with Gasteiger partial charge in [0, 0.05) is 36.6 Å². The molecule has 156 valence electrons. The molecule has 0 bridgehead atoms. The average molecular weight is 433 g/mol. The van der Waals surface area contributed by atoms with Gasteiger partial charge in [-0.1, -0.05) is 26.0 Å². The summed E-state index contributed by atoms with van der Waals surface area (Å²) < 4.78 is 10.4. The highest BCUT2D eigenvalue weighted by atomic mass is 32.1. The van der Waals surface area contributed by atoms with Crippen molar-refractivity contribution in [1.82, 2.24) is 10.6 Å². The van der Waals surface area contributed by atoms with Crippen molar-refractivity contribution in [3.8, 4) is 11.5 Å². The SMILES string of the molecule is COc1cccc(NC(=S)NCC(C)(C)CNC(=S)Nc2cccc(OC)c2)c1. The third-order valence-electron chi connectivity index (χ3n) is 4.11. The molecule has 2 aromatic rings. The number of thiocarbonyl (C=S) groups is 2. The summed E-state index contributed by atoms with van der Waals surface area (Å²) in [4.78, 5) is 0. The summed E-state index contributed by atoms with van der Waals surface area (Å²) in [6.45, 7) is 5.62. The average Bonchev–Trinajstić information content (AvgIpc) is 2.71. The van der Waals surface area contributed by atoms with Gasteiger partial charge in [-0.2, -0.15) is 0 Å². The Morgan fingerprint density at radius 1 is 0.793 bits per heavy atom. The lowest BCUT2D eigenvalue weighted by Gasteiger charge is -2.27. The molecule has 2 aromatic carbocycles. The van der Waals surface area contributed by atoms with E-state index >= 15 is 0 Å². The van der Waals surface area contributed by atoms with Gasteiger partial charge in [-0.3, -0.25) is 0 Å². The van der Waals surface area contributed by atoms with Crippen LogP contribution >= 0.6 is 24.4 Å². The van der Waals surface area contributed by atoms with Crippen LogP contribution in [0.15, 0.2) is 48.5 Å². The second-order valence-corrected chi connectivity index (χ2v) is 8.06. The van der Waals surface area contributed by atoms with E-state index in [0.717, 1.165) is 22.9 Å². The van der Waals surface area contributed by atoms with E-state index < -0.39 is 0 Å². The first kappa shape index (κ1) is 22.7. The minimum atomic E-state index is -0.0831. The molecule has 0 saturated heterocycles. The number of anilines is 2. The van der Waals surface area contributed by atoms with E-state index in [0.29, 0.717) is 23.3 Å². The van der Waals surface area contributed by atoms with Crippen molar-refractivity contribution in [3.05, 3.63) is 48.5 Å². The van der Waals surface area contributed by atoms with Crippen LogP contribution in [0.4, 0.5) is 11.4 Å². The molecule has 0 spiro atoms. The van der Waals surface area contributed by atoms with Gasteiger partial charge in [0.05, 0.1) is 14.2 Å². The van der Waals surface area contributed by atoms with Crippen LogP contribution in [-0.2, 0) is 0 Å². The molecule has 2 rings (SSSR count). The normalized spacial score (nSPS) is 10.6. The molecule has 0 amide bonds. The van der Waals surface area contributed by atoms with Crippen LogP contribution in [0.3, 0.4) is 0 Å². The van der Waals surface area contributed by atoms with E-state index in [1.165, 1.54) is 0 Å². The highest BCUT2D eigenvalue weighted by molar-refractivity contribution is 7.80. The lowest BCUT2D eigenvalue weighted by atomic mass is 9.93. The Hall–Kier alpha value is -2.58. The van der Waals surface area contributed by atoms with E-state index in [-0.39, 0.29) is 5.41 Å². The Labute approximate surface area is 183 Å². The fraction of sp³-hybridized carbons (Fsp3) is 0.333. The number of methoxy groups -OCH3 is 2. The number of ether oxygens (including phenoxy) is 2. The summed E-state index contributed by atoms with van der Waals surface area (Å²) in [7, 11) is 3.28. The first-order valence-corrected chi connectivity index (χ1v) is 10.0. The van der Waals surface area contributed by atoms with Crippen molar-refractivity contribution in [3.63, 3.8) is 0 Å². The highest BCUT2D eigenvalue weighted by Gasteiger charge is 2.18. The van der Waals surface area contributed by atoms with Crippen LogP contribution in [0.2, 0.25) is 0 Å². The van der Waals surface area contributed by atoms with Gasteiger partial charge in [0.2, 0.25) is 0 Å². The predicted octanol–water partition coefficient (Wildman–Crippen LogP) is 4.00. The zero-order valence-electron chi connectivity index (χ0n) is 17.2. The van der Waals surface area contributed by atoms with Gasteiger partial charge >= 0.3 is 0 Å². The maximum atomic E-state index is 5.40. The van der Waals surface area contributed by atoms with Gasteiger partial charge in [-0.25, -0.2) is 0 Å². The topological polar surface area (TPSA) is 66.6 Å². The number of hydrogen-bond donors (Lipinski definition) is 4. The molecule has 0 atom stereocenters. The van der Waals surface area contributed by atoms with Crippen molar-refractivity contribution >= 4 is 46.0 Å². The van der Waals surface area contributed by atoms with Gasteiger partial charge in [-0.05, 0) is 54.1 Å². The fourth-order valence-electron chi connectivity index (χ4n) is 2.45. The van der Waals surface area contributed by atoms with Crippen molar-refractivity contribution in [2.45, 2.75) is 13.8 Å². The molecule has 0 saturated carbocycles.